The number of aliphatic carboxylic acids is 1. The zero-order valence-corrected chi connectivity index (χ0v) is 11.7. The van der Waals surface area contributed by atoms with Crippen LogP contribution in [-0.2, 0) is 16.0 Å². The maximum atomic E-state index is 11.5. The molecule has 6 heteroatoms. The summed E-state index contributed by atoms with van der Waals surface area (Å²) in [6, 6.07) is 10.5. The largest absolute Gasteiger partial charge is 0.480 e. The molecule has 1 aromatic carbocycles. The van der Waals surface area contributed by atoms with Crippen molar-refractivity contribution >= 4 is 23.6 Å². The van der Waals surface area contributed by atoms with Gasteiger partial charge in [-0.3, -0.25) is 4.79 Å². The van der Waals surface area contributed by atoms with E-state index in [1.807, 2.05) is 36.4 Å². The minimum atomic E-state index is -1.04. The number of amides is 1. The molecule has 1 aromatic rings. The van der Waals surface area contributed by atoms with E-state index in [0.717, 1.165) is 17.3 Å². The molecule has 0 saturated heterocycles. The normalized spacial score (nSPS) is 11.3. The number of nitrogens with zero attached hydrogens (tertiary/aromatic N) is 1. The van der Waals surface area contributed by atoms with Crippen molar-refractivity contribution in [3.05, 3.63) is 35.9 Å². The molecule has 0 aromatic heterocycles. The molecule has 0 radical (unpaired) electrons. The molecule has 1 amide bonds. The van der Waals surface area contributed by atoms with E-state index in [1.54, 1.807) is 0 Å². The molecular weight excluding hydrogens is 276 g/mol. The van der Waals surface area contributed by atoms with Gasteiger partial charge in [0.15, 0.2) is 0 Å². The quantitative estimate of drug-likeness (QED) is 0.708. The van der Waals surface area contributed by atoms with Crippen LogP contribution >= 0.6 is 11.8 Å². The average molecular weight is 292 g/mol. The maximum absolute atomic E-state index is 11.5. The minimum absolute atomic E-state index is 0.0999. The van der Waals surface area contributed by atoms with E-state index in [1.165, 1.54) is 0 Å². The summed E-state index contributed by atoms with van der Waals surface area (Å²) < 4.78 is 0. The second kappa shape index (κ2) is 8.99. The van der Waals surface area contributed by atoms with Crippen LogP contribution in [0.5, 0.6) is 0 Å². The van der Waals surface area contributed by atoms with Gasteiger partial charge in [0.1, 0.15) is 6.04 Å². The maximum Gasteiger partial charge on any atom is 0.326 e. The van der Waals surface area contributed by atoms with Gasteiger partial charge in [-0.25, -0.2) is 4.79 Å². The van der Waals surface area contributed by atoms with Crippen LogP contribution in [0.1, 0.15) is 12.0 Å². The summed E-state index contributed by atoms with van der Waals surface area (Å²) >= 11 is 1.16. The third kappa shape index (κ3) is 6.25. The number of aryl methyl sites for hydroxylation is 1. The van der Waals surface area contributed by atoms with Gasteiger partial charge in [-0.2, -0.15) is 5.26 Å². The van der Waals surface area contributed by atoms with Crippen LogP contribution in [0.25, 0.3) is 0 Å². The molecule has 106 valence electrons. The number of carboxylic acids is 1. The highest BCUT2D eigenvalue weighted by molar-refractivity contribution is 8.00. The summed E-state index contributed by atoms with van der Waals surface area (Å²) in [5.74, 6) is -1.08. The molecule has 1 rings (SSSR count). The molecule has 0 saturated carbocycles. The Morgan fingerprint density at radius 3 is 2.65 bits per heavy atom. The molecule has 0 fully saturated rings. The number of rotatable bonds is 8. The van der Waals surface area contributed by atoms with E-state index in [2.05, 4.69) is 5.32 Å². The first kappa shape index (κ1) is 16.1. The lowest BCUT2D eigenvalue weighted by Gasteiger charge is -2.14. The predicted molar refractivity (Wildman–Crippen MR) is 77.3 cm³/mol. The highest BCUT2D eigenvalue weighted by Crippen LogP contribution is 2.06. The lowest BCUT2D eigenvalue weighted by Crippen LogP contribution is -2.42. The van der Waals surface area contributed by atoms with Gasteiger partial charge in [-0.1, -0.05) is 30.3 Å². The summed E-state index contributed by atoms with van der Waals surface area (Å²) in [6.45, 7) is 0. The lowest BCUT2D eigenvalue weighted by molar-refractivity contribution is -0.141. The van der Waals surface area contributed by atoms with Crippen LogP contribution in [-0.4, -0.2) is 34.5 Å². The molecule has 20 heavy (non-hydrogen) atoms. The summed E-state index contributed by atoms with van der Waals surface area (Å²) in [5, 5.41) is 19.9. The summed E-state index contributed by atoms with van der Waals surface area (Å²) in [5.41, 5.74) is 1.03. The van der Waals surface area contributed by atoms with Crippen molar-refractivity contribution in [2.45, 2.75) is 18.9 Å². The van der Waals surface area contributed by atoms with Crippen molar-refractivity contribution in [3.8, 4) is 6.07 Å². The number of carbonyl (C=O) groups excluding carboxylic acids is 1. The van der Waals surface area contributed by atoms with Crippen molar-refractivity contribution in [3.63, 3.8) is 0 Å². The fourth-order valence-corrected chi connectivity index (χ4v) is 2.10. The molecule has 5 nitrogen and oxygen atoms in total. The van der Waals surface area contributed by atoms with E-state index in [0.29, 0.717) is 12.8 Å². The standard InChI is InChI=1S/C14H16N2O3S/c15-8-9-20-10-13(17)16-12(14(18)19)7-6-11-4-2-1-3-5-11/h1-5,12H,6-7,9-10H2,(H,16,17)(H,18,19)/t12-/m0/s1. The van der Waals surface area contributed by atoms with Crippen LogP contribution < -0.4 is 5.32 Å². The third-order valence-electron chi connectivity index (χ3n) is 2.60. The molecule has 0 aliphatic rings. The molecule has 0 aliphatic carbocycles. The molecule has 1 atom stereocenters. The average Bonchev–Trinajstić information content (AvgIpc) is 2.44. The van der Waals surface area contributed by atoms with Crippen LogP contribution in [0.2, 0.25) is 0 Å². The number of benzene rings is 1. The van der Waals surface area contributed by atoms with Crippen LogP contribution in [0.4, 0.5) is 0 Å². The van der Waals surface area contributed by atoms with Gasteiger partial charge < -0.3 is 10.4 Å². The van der Waals surface area contributed by atoms with E-state index in [-0.39, 0.29) is 17.4 Å². The van der Waals surface area contributed by atoms with Gasteiger partial charge in [0, 0.05) is 0 Å². The minimum Gasteiger partial charge on any atom is -0.480 e. The highest BCUT2D eigenvalue weighted by Gasteiger charge is 2.19. The summed E-state index contributed by atoms with van der Waals surface area (Å²) in [6.07, 6.45) is 0.928. The number of nitrogens with one attached hydrogen (secondary N) is 1. The van der Waals surface area contributed by atoms with Crippen molar-refractivity contribution in [1.29, 1.82) is 5.26 Å². The molecule has 0 unspecified atom stereocenters. The van der Waals surface area contributed by atoms with Crippen molar-refractivity contribution in [2.24, 2.45) is 0 Å². The Morgan fingerprint density at radius 2 is 2.05 bits per heavy atom. The molecule has 0 spiro atoms. The molecular formula is C14H16N2O3S. The topological polar surface area (TPSA) is 90.2 Å². The zero-order chi connectivity index (χ0) is 14.8. The summed E-state index contributed by atoms with van der Waals surface area (Å²) in [7, 11) is 0. The third-order valence-corrected chi connectivity index (χ3v) is 3.40. The van der Waals surface area contributed by atoms with Gasteiger partial charge in [0.25, 0.3) is 0 Å². The Morgan fingerprint density at radius 1 is 1.35 bits per heavy atom. The highest BCUT2D eigenvalue weighted by atomic mass is 32.2. The first-order valence-electron chi connectivity index (χ1n) is 6.14. The van der Waals surface area contributed by atoms with Gasteiger partial charge in [-0.05, 0) is 18.4 Å². The zero-order valence-electron chi connectivity index (χ0n) is 10.9. The second-order valence-corrected chi connectivity index (χ2v) is 5.12. The van der Waals surface area contributed by atoms with Crippen molar-refractivity contribution in [1.82, 2.24) is 5.32 Å². The number of carbonyl (C=O) groups is 2. The fraction of sp³-hybridized carbons (Fsp3) is 0.357. The number of nitriles is 1. The van der Waals surface area contributed by atoms with Crippen LogP contribution in [0.3, 0.4) is 0 Å². The van der Waals surface area contributed by atoms with Gasteiger partial charge in [0.05, 0.1) is 17.6 Å². The van der Waals surface area contributed by atoms with Gasteiger partial charge >= 0.3 is 5.97 Å². The van der Waals surface area contributed by atoms with Crippen molar-refractivity contribution in [2.75, 3.05) is 11.5 Å². The first-order valence-corrected chi connectivity index (χ1v) is 7.29. The second-order valence-electron chi connectivity index (χ2n) is 4.13. The Labute approximate surface area is 122 Å². The first-order chi connectivity index (χ1) is 9.63. The van der Waals surface area contributed by atoms with Gasteiger partial charge in [0.2, 0.25) is 5.91 Å². The number of thioether (sulfide) groups is 1. The molecule has 0 aliphatic heterocycles. The predicted octanol–water partition coefficient (Wildman–Crippen LogP) is 1.45. The van der Waals surface area contributed by atoms with E-state index < -0.39 is 12.0 Å². The van der Waals surface area contributed by atoms with Crippen LogP contribution in [0.15, 0.2) is 30.3 Å². The van der Waals surface area contributed by atoms with Gasteiger partial charge in [-0.15, -0.1) is 11.8 Å². The fourth-order valence-electron chi connectivity index (χ4n) is 1.64. The molecule has 0 bridgehead atoms. The SMILES string of the molecule is N#CCSCC(=O)N[C@@H](CCc1ccccc1)C(=O)O. The Balaban J connectivity index is 2.43. The Hall–Kier alpha value is -2.00. The van der Waals surface area contributed by atoms with E-state index in [9.17, 15) is 9.59 Å². The smallest absolute Gasteiger partial charge is 0.326 e. The van der Waals surface area contributed by atoms with Crippen LogP contribution in [0, 0.1) is 11.3 Å². The monoisotopic (exact) mass is 292 g/mol. The Bertz CT molecular complexity index is 485. The van der Waals surface area contributed by atoms with E-state index >= 15 is 0 Å². The Kier molecular flexibility index (Phi) is 7.22. The van der Waals surface area contributed by atoms with E-state index in [4.69, 9.17) is 10.4 Å². The van der Waals surface area contributed by atoms with Crippen molar-refractivity contribution < 1.29 is 14.7 Å². The number of hydrogen-bond acceptors (Lipinski definition) is 4. The lowest BCUT2D eigenvalue weighted by atomic mass is 10.1. The number of carboxylic acid groups (broad SMARTS) is 1. The number of hydrogen-bond donors (Lipinski definition) is 2. The summed E-state index contributed by atoms with van der Waals surface area (Å²) in [4.78, 5) is 22.7. The molecule has 2 N–H and O–H groups in total. The molecule has 0 heterocycles.